The number of imidazole rings is 2. The maximum absolute atomic E-state index is 14.0. The third kappa shape index (κ3) is 9.15. The topological polar surface area (TPSA) is 175 Å². The number of allylic oxidation sites excluding steroid dienone is 2. The van der Waals surface area contributed by atoms with E-state index in [4.69, 9.17) is 19.4 Å². The largest absolute Gasteiger partial charge is 0.491 e. The van der Waals surface area contributed by atoms with Gasteiger partial charge in [-0.2, -0.15) is 10.2 Å². The molecule has 3 N–H and O–H groups in total. The Morgan fingerprint density at radius 2 is 1.48 bits per heavy atom. The van der Waals surface area contributed by atoms with Gasteiger partial charge in [-0.25, -0.2) is 9.97 Å². The Labute approximate surface area is 366 Å². The first-order chi connectivity index (χ1) is 30.5. The fraction of sp³-hybridized carbons (Fsp3) is 0.383. The molecule has 16 heteroatoms. The maximum atomic E-state index is 14.0. The summed E-state index contributed by atoms with van der Waals surface area (Å²) in [6.07, 6.45) is 6.59. The van der Waals surface area contributed by atoms with Gasteiger partial charge in [-0.1, -0.05) is 36.4 Å². The quantitative estimate of drug-likeness (QED) is 0.0919. The number of carbonyl (C=O) groups excluding carboxylic acids is 3. The van der Waals surface area contributed by atoms with Crippen LogP contribution in [-0.2, 0) is 30.8 Å². The van der Waals surface area contributed by atoms with Crippen molar-refractivity contribution in [3.05, 3.63) is 100 Å². The van der Waals surface area contributed by atoms with Crippen molar-refractivity contribution in [3.8, 4) is 11.5 Å². The molecule has 0 bridgehead atoms. The van der Waals surface area contributed by atoms with Gasteiger partial charge in [0.15, 0.2) is 0 Å². The van der Waals surface area contributed by atoms with Crippen LogP contribution in [0.3, 0.4) is 0 Å². The van der Waals surface area contributed by atoms with Crippen LogP contribution in [-0.4, -0.2) is 89.7 Å². The first-order valence-electron chi connectivity index (χ1n) is 21.8. The second-order valence-electron chi connectivity index (χ2n) is 16.1. The van der Waals surface area contributed by atoms with E-state index in [9.17, 15) is 14.4 Å². The number of nitrogens with zero attached hydrogens (tertiary/aromatic N) is 8. The first kappa shape index (κ1) is 42.7. The lowest BCUT2D eigenvalue weighted by molar-refractivity contribution is -0.120. The molecule has 3 aromatic heterocycles. The highest BCUT2D eigenvalue weighted by Crippen LogP contribution is 2.34. The van der Waals surface area contributed by atoms with E-state index >= 15 is 0 Å². The van der Waals surface area contributed by atoms with Gasteiger partial charge in [-0.15, -0.1) is 0 Å². The van der Waals surface area contributed by atoms with Gasteiger partial charge < -0.3 is 23.9 Å². The van der Waals surface area contributed by atoms with Gasteiger partial charge in [0.1, 0.15) is 34.3 Å². The zero-order valence-electron chi connectivity index (χ0n) is 36.8. The lowest BCUT2D eigenvalue weighted by Crippen LogP contribution is -2.38. The summed E-state index contributed by atoms with van der Waals surface area (Å²) < 4.78 is 18.5. The van der Waals surface area contributed by atoms with Crippen molar-refractivity contribution in [2.45, 2.75) is 92.9 Å². The molecule has 1 unspecified atom stereocenters. The molecule has 3 amide bonds. The van der Waals surface area contributed by atoms with Crippen LogP contribution in [0.2, 0.25) is 0 Å². The van der Waals surface area contributed by atoms with Crippen molar-refractivity contribution in [3.63, 3.8) is 0 Å². The predicted molar refractivity (Wildman–Crippen MR) is 244 cm³/mol. The summed E-state index contributed by atoms with van der Waals surface area (Å²) in [4.78, 5) is 51.2. The van der Waals surface area contributed by atoms with Gasteiger partial charge in [-0.05, 0) is 101 Å². The fourth-order valence-electron chi connectivity index (χ4n) is 8.31. The Bertz CT molecular complexity index is 2760. The minimum atomic E-state index is -0.488. The molecule has 328 valence electrons. The molecular weight excluding hydrogens is 799 g/mol. The maximum Gasteiger partial charge on any atom is 0.276 e. The van der Waals surface area contributed by atoms with E-state index in [1.807, 2.05) is 80.2 Å². The van der Waals surface area contributed by atoms with Gasteiger partial charge in [-0.3, -0.25) is 34.7 Å². The van der Waals surface area contributed by atoms with Gasteiger partial charge in [0.05, 0.1) is 29.9 Å². The van der Waals surface area contributed by atoms with Crippen LogP contribution >= 0.6 is 0 Å². The van der Waals surface area contributed by atoms with E-state index in [2.05, 4.69) is 45.2 Å². The minimum Gasteiger partial charge on any atom is -0.491 e. The Kier molecular flexibility index (Phi) is 12.6. The first-order valence-corrected chi connectivity index (χ1v) is 21.8. The van der Waals surface area contributed by atoms with Gasteiger partial charge in [0.2, 0.25) is 11.9 Å². The Balaban J connectivity index is 1.13. The molecular formula is C47H55N11O5. The van der Waals surface area contributed by atoms with E-state index in [-0.39, 0.29) is 30.9 Å². The van der Waals surface area contributed by atoms with Crippen LogP contribution in [0.1, 0.15) is 83.3 Å². The summed E-state index contributed by atoms with van der Waals surface area (Å²) in [5, 5.41) is 20.0. The lowest BCUT2D eigenvalue weighted by Gasteiger charge is -2.21. The molecule has 0 saturated heterocycles. The summed E-state index contributed by atoms with van der Waals surface area (Å²) in [6, 6.07) is 17.0. The molecule has 0 fully saturated rings. The number of carbonyl (C=O) groups is 3. The summed E-state index contributed by atoms with van der Waals surface area (Å²) in [6.45, 7) is 14.6. The van der Waals surface area contributed by atoms with E-state index in [1.165, 1.54) is 11.1 Å². The average Bonchev–Trinajstić information content (AvgIpc) is 4.03. The monoisotopic (exact) mass is 853 g/mol. The smallest absolute Gasteiger partial charge is 0.276 e. The molecule has 0 aliphatic carbocycles. The Morgan fingerprint density at radius 1 is 0.794 bits per heavy atom. The van der Waals surface area contributed by atoms with Crippen molar-refractivity contribution >= 4 is 57.4 Å². The van der Waals surface area contributed by atoms with Crippen LogP contribution in [0, 0.1) is 20.8 Å². The number of nitrogens with one attached hydrogen (secondary N) is 3. The number of rotatable bonds is 11. The molecule has 2 aliphatic rings. The molecule has 63 heavy (non-hydrogen) atoms. The zero-order chi connectivity index (χ0) is 44.2. The van der Waals surface area contributed by atoms with Crippen LogP contribution in [0.4, 0.5) is 11.9 Å². The number of anilines is 2. The van der Waals surface area contributed by atoms with Crippen molar-refractivity contribution in [2.24, 2.45) is 5.10 Å². The SMILES string of the molecule is CCN1N=C(C)CC1C(=O)Nc1nc2cc(C(=O)NCCCc3ccccc3C)cc3c2n1C/C=C/Cn1c(NC(=O)c2cc(C)nn2CC)nc2cc(C)cc(c21)OCCCO3. The van der Waals surface area contributed by atoms with Crippen LogP contribution in [0.15, 0.2) is 71.9 Å². The molecule has 6 aromatic rings. The molecule has 0 spiro atoms. The highest BCUT2D eigenvalue weighted by molar-refractivity contribution is 6.04. The van der Waals surface area contributed by atoms with Gasteiger partial charge >= 0.3 is 0 Å². The van der Waals surface area contributed by atoms with Crippen LogP contribution in [0.5, 0.6) is 11.5 Å². The van der Waals surface area contributed by atoms with E-state index < -0.39 is 6.04 Å². The lowest BCUT2D eigenvalue weighted by atomic mass is 10.0. The molecule has 0 radical (unpaired) electrons. The summed E-state index contributed by atoms with van der Waals surface area (Å²) in [5.41, 5.74) is 8.46. The van der Waals surface area contributed by atoms with Crippen molar-refractivity contribution in [1.29, 1.82) is 0 Å². The standard InChI is InChI=1S/C47H55N11O5/c1-7-57-37(25-31(5)53-57)44(60)51-46-49-35-23-29(3)24-39-41(35)55(46)19-11-12-20-56-42-36(50-47(56)52-45(61)38-26-32(6)54-58(38)8-2)27-34(28-40(42)63-22-14-21-62-39)43(59)48-18-13-17-33-16-10-9-15-30(33)4/h9-12,15-16,23-25,27-28,38H,7-8,13-14,17-22,26H2,1-6H3,(H,48,59)(H,49,51,60)(H,50,52,61)/b12-11+. The van der Waals surface area contributed by atoms with E-state index in [0.717, 1.165) is 35.3 Å². The van der Waals surface area contributed by atoms with Crippen LogP contribution < -0.4 is 25.4 Å². The number of hydrogen-bond acceptors (Lipinski definition) is 10. The predicted octanol–water partition coefficient (Wildman–Crippen LogP) is 6.97. The summed E-state index contributed by atoms with van der Waals surface area (Å²) >= 11 is 0. The third-order valence-electron chi connectivity index (χ3n) is 11.4. The highest BCUT2D eigenvalue weighted by Gasteiger charge is 2.31. The van der Waals surface area contributed by atoms with Crippen molar-refractivity contribution < 1.29 is 23.9 Å². The summed E-state index contributed by atoms with van der Waals surface area (Å²) in [5.74, 6) is 0.976. The minimum absolute atomic E-state index is 0.234. The molecule has 16 nitrogen and oxygen atoms in total. The number of ether oxygens (including phenoxy) is 2. The van der Waals surface area contributed by atoms with Crippen LogP contribution in [0.25, 0.3) is 22.1 Å². The van der Waals surface area contributed by atoms with E-state index in [1.54, 1.807) is 27.9 Å². The molecule has 0 saturated carbocycles. The number of aryl methyl sites for hydroxylation is 5. The highest BCUT2D eigenvalue weighted by atomic mass is 16.5. The molecule has 8 rings (SSSR count). The molecule has 3 aromatic carbocycles. The normalized spacial score (nSPS) is 15.9. The average molecular weight is 854 g/mol. The number of benzene rings is 3. The number of amides is 3. The van der Waals surface area contributed by atoms with E-state index in [0.29, 0.717) is 96.8 Å². The Hall–Kier alpha value is -6.97. The molecule has 1 atom stereocenters. The number of hydrazone groups is 1. The number of aromatic nitrogens is 6. The third-order valence-corrected chi connectivity index (χ3v) is 11.4. The number of hydrogen-bond donors (Lipinski definition) is 3. The summed E-state index contributed by atoms with van der Waals surface area (Å²) in [7, 11) is 0. The molecule has 2 aliphatic heterocycles. The second-order valence-corrected chi connectivity index (χ2v) is 16.1. The zero-order valence-corrected chi connectivity index (χ0v) is 36.8. The second kappa shape index (κ2) is 18.6. The number of likely N-dealkylation sites (N-methyl/N-ethyl adjacent to an activating group) is 1. The fourth-order valence-corrected chi connectivity index (χ4v) is 8.31. The van der Waals surface area contributed by atoms with Crippen molar-refractivity contribution in [1.82, 2.24) is 39.2 Å². The van der Waals surface area contributed by atoms with Crippen molar-refractivity contribution in [2.75, 3.05) is 36.9 Å². The van der Waals surface area contributed by atoms with Gasteiger partial charge in [0.25, 0.3) is 17.7 Å². The molecule has 5 heterocycles. The van der Waals surface area contributed by atoms with Gasteiger partial charge in [0, 0.05) is 56.8 Å². The Morgan fingerprint density at radius 3 is 2.17 bits per heavy atom.